The summed E-state index contributed by atoms with van der Waals surface area (Å²) in [6.07, 6.45) is -5.31. The van der Waals surface area contributed by atoms with Crippen molar-refractivity contribution < 1.29 is 27.1 Å². The minimum atomic E-state index is -4.78. The van der Waals surface area contributed by atoms with Crippen LogP contribution in [-0.4, -0.2) is 54.0 Å². The number of aromatic nitrogens is 2. The maximum atomic E-state index is 14.2. The van der Waals surface area contributed by atoms with Gasteiger partial charge in [-0.2, -0.15) is 18.2 Å². The van der Waals surface area contributed by atoms with Gasteiger partial charge in [0.25, 0.3) is 11.5 Å². The number of anilines is 2. The Bertz CT molecular complexity index is 1020. The zero-order valence-corrected chi connectivity index (χ0v) is 15.7. The molecule has 0 bridgehead atoms. The molecule has 4 rings (SSSR count). The number of hydrogen-bond donors (Lipinski definition) is 0. The van der Waals surface area contributed by atoms with Crippen molar-refractivity contribution in [1.29, 1.82) is 0 Å². The number of benzene rings is 1. The lowest BCUT2D eigenvalue weighted by atomic mass is 10.1. The largest absolute Gasteiger partial charge is 0.409 e. The van der Waals surface area contributed by atoms with Gasteiger partial charge in [-0.3, -0.25) is 19.1 Å². The SMILES string of the molecule is O=C(c1ccccc1F)N1c2nc(N3CCOCC3)cc(=O)n2CC[C@H]1C(F)(F)F. The molecule has 30 heavy (non-hydrogen) atoms. The summed E-state index contributed by atoms with van der Waals surface area (Å²) in [7, 11) is 0. The second-order valence-corrected chi connectivity index (χ2v) is 7.00. The number of nitrogens with zero attached hydrogens (tertiary/aromatic N) is 4. The number of ether oxygens (including phenoxy) is 1. The van der Waals surface area contributed by atoms with Gasteiger partial charge in [-0.15, -0.1) is 0 Å². The van der Waals surface area contributed by atoms with Gasteiger partial charge in [-0.05, 0) is 18.6 Å². The summed E-state index contributed by atoms with van der Waals surface area (Å²) in [5.74, 6) is -2.43. The maximum Gasteiger partial charge on any atom is 0.409 e. The fraction of sp³-hybridized carbons (Fsp3) is 0.421. The average Bonchev–Trinajstić information content (AvgIpc) is 2.72. The number of morpholine rings is 1. The van der Waals surface area contributed by atoms with Crippen LogP contribution in [0.5, 0.6) is 0 Å². The summed E-state index contributed by atoms with van der Waals surface area (Å²) < 4.78 is 61.8. The molecule has 0 N–H and O–H groups in total. The molecule has 2 aliphatic rings. The van der Waals surface area contributed by atoms with Crippen LogP contribution in [0, 0.1) is 5.82 Å². The number of amides is 1. The first-order chi connectivity index (χ1) is 14.3. The normalized spacial score (nSPS) is 19.5. The van der Waals surface area contributed by atoms with E-state index in [0.717, 1.165) is 16.7 Å². The zero-order valence-electron chi connectivity index (χ0n) is 15.7. The maximum absolute atomic E-state index is 14.2. The Labute approximate surface area is 168 Å². The molecule has 7 nitrogen and oxygen atoms in total. The highest BCUT2D eigenvalue weighted by atomic mass is 19.4. The Morgan fingerprint density at radius 3 is 2.50 bits per heavy atom. The molecule has 1 aromatic carbocycles. The molecule has 1 amide bonds. The van der Waals surface area contributed by atoms with E-state index in [2.05, 4.69) is 4.98 Å². The first kappa shape index (κ1) is 20.3. The third-order valence-corrected chi connectivity index (χ3v) is 5.16. The number of rotatable bonds is 2. The van der Waals surface area contributed by atoms with Crippen molar-refractivity contribution in [2.75, 3.05) is 36.1 Å². The van der Waals surface area contributed by atoms with Crippen LogP contribution in [0.3, 0.4) is 0 Å². The van der Waals surface area contributed by atoms with Crippen LogP contribution >= 0.6 is 0 Å². The van der Waals surface area contributed by atoms with E-state index in [1.165, 1.54) is 18.2 Å². The summed E-state index contributed by atoms with van der Waals surface area (Å²) in [5.41, 5.74) is -1.10. The smallest absolute Gasteiger partial charge is 0.378 e. The topological polar surface area (TPSA) is 67.7 Å². The van der Waals surface area contributed by atoms with Crippen molar-refractivity contribution in [3.05, 3.63) is 52.1 Å². The Kier molecular flexibility index (Phi) is 5.22. The molecule has 1 fully saturated rings. The van der Waals surface area contributed by atoms with E-state index >= 15 is 0 Å². The number of fused-ring (bicyclic) bond motifs is 1. The van der Waals surface area contributed by atoms with Gasteiger partial charge in [0.1, 0.15) is 17.7 Å². The number of carbonyl (C=O) groups excluding carboxylic acids is 1. The van der Waals surface area contributed by atoms with Gasteiger partial charge in [-0.1, -0.05) is 12.1 Å². The molecule has 0 spiro atoms. The summed E-state index contributed by atoms with van der Waals surface area (Å²) in [4.78, 5) is 32.0. The van der Waals surface area contributed by atoms with Crippen molar-refractivity contribution >= 4 is 17.7 Å². The van der Waals surface area contributed by atoms with Gasteiger partial charge in [0, 0.05) is 25.7 Å². The fourth-order valence-electron chi connectivity index (χ4n) is 3.66. The van der Waals surface area contributed by atoms with Crippen molar-refractivity contribution in [1.82, 2.24) is 9.55 Å². The first-order valence-corrected chi connectivity index (χ1v) is 9.37. The number of halogens is 4. The quantitative estimate of drug-likeness (QED) is 0.689. The van der Waals surface area contributed by atoms with Crippen LogP contribution in [0.2, 0.25) is 0 Å². The monoisotopic (exact) mass is 426 g/mol. The molecule has 2 aliphatic heterocycles. The molecular weight excluding hydrogens is 408 g/mol. The van der Waals surface area contributed by atoms with Crippen molar-refractivity contribution in [3.8, 4) is 0 Å². The number of hydrogen-bond acceptors (Lipinski definition) is 5. The lowest BCUT2D eigenvalue weighted by Gasteiger charge is -2.38. The van der Waals surface area contributed by atoms with Gasteiger partial charge in [0.2, 0.25) is 5.95 Å². The van der Waals surface area contributed by atoms with Crippen molar-refractivity contribution in [2.45, 2.75) is 25.2 Å². The van der Waals surface area contributed by atoms with Crippen LogP contribution in [-0.2, 0) is 11.3 Å². The Balaban J connectivity index is 1.85. The van der Waals surface area contributed by atoms with E-state index in [0.29, 0.717) is 31.2 Å². The van der Waals surface area contributed by atoms with Crippen LogP contribution in [0.4, 0.5) is 29.3 Å². The van der Waals surface area contributed by atoms with E-state index in [1.54, 1.807) is 4.90 Å². The molecule has 0 radical (unpaired) electrons. The summed E-state index contributed by atoms with van der Waals surface area (Å²) in [5, 5.41) is 0. The molecule has 1 atom stereocenters. The van der Waals surface area contributed by atoms with E-state index in [-0.39, 0.29) is 12.4 Å². The lowest BCUT2D eigenvalue weighted by molar-refractivity contribution is -0.151. The molecule has 1 saturated heterocycles. The van der Waals surface area contributed by atoms with Crippen LogP contribution in [0.25, 0.3) is 0 Å². The summed E-state index contributed by atoms with van der Waals surface area (Å²) in [6, 6.07) is 3.79. The van der Waals surface area contributed by atoms with Crippen LogP contribution in [0.1, 0.15) is 16.8 Å². The summed E-state index contributed by atoms with van der Waals surface area (Å²) >= 11 is 0. The lowest BCUT2D eigenvalue weighted by Crippen LogP contribution is -2.55. The second kappa shape index (κ2) is 7.71. The van der Waals surface area contributed by atoms with Crippen molar-refractivity contribution in [3.63, 3.8) is 0 Å². The third-order valence-electron chi connectivity index (χ3n) is 5.16. The Morgan fingerprint density at radius 1 is 1.13 bits per heavy atom. The Morgan fingerprint density at radius 2 is 1.83 bits per heavy atom. The molecular formula is C19H18F4N4O3. The third kappa shape index (κ3) is 3.64. The molecule has 0 unspecified atom stereocenters. The van der Waals surface area contributed by atoms with Gasteiger partial charge >= 0.3 is 6.18 Å². The number of alkyl halides is 3. The minimum absolute atomic E-state index is 0.156. The first-order valence-electron chi connectivity index (χ1n) is 9.37. The van der Waals surface area contributed by atoms with Crippen LogP contribution in [0.15, 0.2) is 35.1 Å². The highest BCUT2D eigenvalue weighted by Crippen LogP contribution is 2.35. The highest BCUT2D eigenvalue weighted by molar-refractivity contribution is 6.06. The second-order valence-electron chi connectivity index (χ2n) is 7.00. The summed E-state index contributed by atoms with van der Waals surface area (Å²) in [6.45, 7) is 1.31. The fourth-order valence-corrected chi connectivity index (χ4v) is 3.66. The standard InChI is InChI=1S/C19H18F4N4O3/c20-13-4-2-1-3-12(13)17(29)27-14(19(21,22)23)5-6-26-16(28)11-15(24-18(26)27)25-7-9-30-10-8-25/h1-4,11,14H,5-10H2/t14-/m0/s1. The minimum Gasteiger partial charge on any atom is -0.378 e. The Hall–Kier alpha value is -2.95. The molecule has 0 aliphatic carbocycles. The predicted molar refractivity (Wildman–Crippen MR) is 99.2 cm³/mol. The van der Waals surface area contributed by atoms with E-state index in [4.69, 9.17) is 4.74 Å². The van der Waals surface area contributed by atoms with Crippen LogP contribution < -0.4 is 15.4 Å². The van der Waals surface area contributed by atoms with Gasteiger partial charge in [-0.25, -0.2) is 4.39 Å². The molecule has 0 saturated carbocycles. The highest BCUT2D eigenvalue weighted by Gasteiger charge is 2.49. The predicted octanol–water partition coefficient (Wildman–Crippen LogP) is 2.20. The average molecular weight is 426 g/mol. The van der Waals surface area contributed by atoms with Crippen molar-refractivity contribution in [2.24, 2.45) is 0 Å². The van der Waals surface area contributed by atoms with Gasteiger partial charge in [0.05, 0.1) is 18.8 Å². The molecule has 11 heteroatoms. The molecule has 160 valence electrons. The molecule has 3 heterocycles. The van der Waals surface area contributed by atoms with Gasteiger partial charge in [0.15, 0.2) is 0 Å². The van der Waals surface area contributed by atoms with E-state index in [9.17, 15) is 27.2 Å². The molecule has 2 aromatic rings. The molecule has 1 aromatic heterocycles. The van der Waals surface area contributed by atoms with Gasteiger partial charge < -0.3 is 9.64 Å². The number of carbonyl (C=O) groups is 1. The van der Waals surface area contributed by atoms with E-state index < -0.39 is 47.4 Å². The van der Waals surface area contributed by atoms with E-state index in [1.807, 2.05) is 0 Å². The zero-order chi connectivity index (χ0) is 21.5.